The second-order valence-electron chi connectivity index (χ2n) is 0.271. The first kappa shape index (κ1) is 6.82. The van der Waals surface area contributed by atoms with Gasteiger partial charge in [0.15, 0.2) is 0 Å². The van der Waals surface area contributed by atoms with Gasteiger partial charge in [0.25, 0.3) is 0 Å². The molecule has 0 fully saturated rings. The minimum absolute atomic E-state index is 2.81. The average molecular weight is 248 g/mol. The third kappa shape index (κ3) is 25.6. The first-order valence-corrected chi connectivity index (χ1v) is 8.49. The molecule has 0 bridgehead atoms. The second kappa shape index (κ2) is 2.21. The quantitative estimate of drug-likeness (QED) is 0.578. The summed E-state index contributed by atoms with van der Waals surface area (Å²) in [6.45, 7) is 0. The minimum atomic E-state index is -2.81. The molecule has 0 aliphatic carbocycles. The molecule has 0 spiro atoms. The van der Waals surface area contributed by atoms with E-state index >= 15 is 0 Å². The van der Waals surface area contributed by atoms with Gasteiger partial charge in [-0.3, -0.25) is 0 Å². The van der Waals surface area contributed by atoms with Gasteiger partial charge in [0.05, 0.1) is 0 Å². The molecule has 0 saturated carbocycles. The van der Waals surface area contributed by atoms with Crippen molar-refractivity contribution in [3.05, 3.63) is 0 Å². The number of hydrogen-bond acceptors (Lipinski definition) is 0. The molecule has 0 saturated heterocycles. The predicted octanol–water partition coefficient (Wildman–Crippen LogP) is 2.76. The van der Waals surface area contributed by atoms with E-state index in [0.717, 1.165) is 0 Å². The Labute approximate surface area is 49.3 Å². The SMILES string of the molecule is [Cl][Pd+]([Cl])([Cl])[Cl]. The van der Waals surface area contributed by atoms with Gasteiger partial charge in [0.1, 0.15) is 0 Å². The molecule has 0 aromatic carbocycles. The first-order valence-electron chi connectivity index (χ1n) is 0.478. The van der Waals surface area contributed by atoms with Crippen LogP contribution in [0.1, 0.15) is 0 Å². The number of hydrogen-bond donors (Lipinski definition) is 0. The molecular weight excluding hydrogens is 248 g/mol. The van der Waals surface area contributed by atoms with Crippen molar-refractivity contribution in [3.63, 3.8) is 0 Å². The summed E-state index contributed by atoms with van der Waals surface area (Å²) < 4.78 is 0. The van der Waals surface area contributed by atoms with Crippen molar-refractivity contribution in [1.29, 1.82) is 0 Å². The zero-order chi connectivity index (χ0) is 4.50. The molecule has 37 valence electrons. The Kier molecular flexibility index (Phi) is 3.02. The van der Waals surface area contributed by atoms with Gasteiger partial charge >= 0.3 is 49.6 Å². The van der Waals surface area contributed by atoms with Gasteiger partial charge in [0.2, 0.25) is 0 Å². The Hall–Kier alpha value is 1.82. The molecule has 5 heavy (non-hydrogen) atoms. The fourth-order valence-corrected chi connectivity index (χ4v) is 0. The molecule has 5 heteroatoms. The van der Waals surface area contributed by atoms with Crippen molar-refractivity contribution < 1.29 is 11.5 Å². The van der Waals surface area contributed by atoms with Crippen LogP contribution >= 0.6 is 38.1 Å². The molecule has 0 amide bonds. The zero-order valence-corrected chi connectivity index (χ0v) is 6.41. The Morgan fingerprint density at radius 1 is 0.800 bits per heavy atom. The summed E-state index contributed by atoms with van der Waals surface area (Å²) in [6.07, 6.45) is 0. The summed E-state index contributed by atoms with van der Waals surface area (Å²) in [4.78, 5) is 0. The van der Waals surface area contributed by atoms with Crippen molar-refractivity contribution in [2.75, 3.05) is 0 Å². The molecule has 0 heterocycles. The molecule has 0 radical (unpaired) electrons. The van der Waals surface area contributed by atoms with E-state index in [1.807, 2.05) is 0 Å². The van der Waals surface area contributed by atoms with E-state index in [9.17, 15) is 0 Å². The molecule has 0 aromatic rings. The Bertz CT molecular complexity index is 19.1. The van der Waals surface area contributed by atoms with Crippen molar-refractivity contribution in [2.45, 2.75) is 0 Å². The molecule has 0 nitrogen and oxygen atoms in total. The van der Waals surface area contributed by atoms with Gasteiger partial charge in [-0.2, -0.15) is 0 Å². The van der Waals surface area contributed by atoms with E-state index in [2.05, 4.69) is 0 Å². The molecule has 0 unspecified atom stereocenters. The number of halogens is 4. The van der Waals surface area contributed by atoms with Crippen LogP contribution < -0.4 is 0 Å². The van der Waals surface area contributed by atoms with E-state index in [1.54, 1.807) is 0 Å². The molecular formula is Cl4Pd+. The number of rotatable bonds is 0. The average Bonchev–Trinajstić information content (AvgIpc) is 0.722. The van der Waals surface area contributed by atoms with Gasteiger partial charge in [-0.15, -0.1) is 0 Å². The maximum atomic E-state index is 4.98. The summed E-state index contributed by atoms with van der Waals surface area (Å²) in [5.74, 6) is 0. The van der Waals surface area contributed by atoms with Crippen LogP contribution in [0.15, 0.2) is 0 Å². The standard InChI is InChI=1S/4ClH.Pd/h4*1H;/q;;;;+5/p-4. The van der Waals surface area contributed by atoms with Crippen LogP contribution in [-0.2, 0) is 11.5 Å². The summed E-state index contributed by atoms with van der Waals surface area (Å²) in [6, 6.07) is 0. The molecule has 0 aliphatic heterocycles. The summed E-state index contributed by atoms with van der Waals surface area (Å²) in [7, 11) is 19.9. The van der Waals surface area contributed by atoms with E-state index < -0.39 is 11.5 Å². The fraction of sp³-hybridized carbons (Fsp3) is 0. The summed E-state index contributed by atoms with van der Waals surface area (Å²) in [5.41, 5.74) is 0. The molecule has 0 aliphatic rings. The van der Waals surface area contributed by atoms with Gasteiger partial charge in [-0.25, -0.2) is 0 Å². The van der Waals surface area contributed by atoms with Crippen LogP contribution in [-0.4, -0.2) is 0 Å². The second-order valence-corrected chi connectivity index (χ2v) is 14.4. The molecule has 0 rings (SSSR count). The normalized spacial score (nSPS) is 15.2. The van der Waals surface area contributed by atoms with Crippen LogP contribution in [0.5, 0.6) is 0 Å². The topological polar surface area (TPSA) is 0 Å². The van der Waals surface area contributed by atoms with Crippen molar-refractivity contribution in [1.82, 2.24) is 0 Å². The van der Waals surface area contributed by atoms with E-state index in [0.29, 0.717) is 0 Å². The maximum absolute atomic E-state index is 4.98. The van der Waals surface area contributed by atoms with Crippen LogP contribution in [0.4, 0.5) is 0 Å². The van der Waals surface area contributed by atoms with Gasteiger partial charge in [-0.05, 0) is 0 Å². The Morgan fingerprint density at radius 2 is 0.800 bits per heavy atom. The van der Waals surface area contributed by atoms with Crippen molar-refractivity contribution >= 4 is 38.1 Å². The van der Waals surface area contributed by atoms with Crippen molar-refractivity contribution in [3.8, 4) is 0 Å². The van der Waals surface area contributed by atoms with E-state index in [4.69, 9.17) is 38.1 Å². The molecule has 0 aromatic heterocycles. The monoisotopic (exact) mass is 246 g/mol. The fourth-order valence-electron chi connectivity index (χ4n) is 0. The molecule has 0 N–H and O–H groups in total. The van der Waals surface area contributed by atoms with Gasteiger partial charge < -0.3 is 0 Å². The van der Waals surface area contributed by atoms with Crippen LogP contribution in [0.25, 0.3) is 0 Å². The van der Waals surface area contributed by atoms with Crippen molar-refractivity contribution in [2.24, 2.45) is 0 Å². The Morgan fingerprint density at radius 3 is 0.800 bits per heavy atom. The summed E-state index contributed by atoms with van der Waals surface area (Å²) >= 11 is -2.81. The predicted molar refractivity (Wildman–Crippen MR) is 23.4 cm³/mol. The molecule has 0 atom stereocenters. The zero-order valence-electron chi connectivity index (χ0n) is 1.83. The van der Waals surface area contributed by atoms with E-state index in [-0.39, 0.29) is 0 Å². The summed E-state index contributed by atoms with van der Waals surface area (Å²) in [5, 5.41) is 0. The first-order chi connectivity index (χ1) is 2.00. The third-order valence-electron chi connectivity index (χ3n) is 0. The van der Waals surface area contributed by atoms with Crippen LogP contribution in [0.2, 0.25) is 0 Å². The van der Waals surface area contributed by atoms with Gasteiger partial charge in [0, 0.05) is 0 Å². The van der Waals surface area contributed by atoms with Gasteiger partial charge in [-0.1, -0.05) is 0 Å². The Balaban J connectivity index is 3.02. The van der Waals surface area contributed by atoms with Crippen LogP contribution in [0.3, 0.4) is 0 Å². The van der Waals surface area contributed by atoms with Crippen LogP contribution in [0, 0.1) is 0 Å². The van der Waals surface area contributed by atoms with E-state index in [1.165, 1.54) is 0 Å². The third-order valence-corrected chi connectivity index (χ3v) is 0.